The Morgan fingerprint density at radius 2 is 2.33 bits per heavy atom. The lowest BCUT2D eigenvalue weighted by Crippen LogP contribution is -2.21. The predicted molar refractivity (Wildman–Crippen MR) is 45.9 cm³/mol. The zero-order valence-electron chi connectivity index (χ0n) is 7.79. The molecule has 0 saturated heterocycles. The number of aromatic nitrogens is 2. The molecule has 0 aromatic carbocycles. The monoisotopic (exact) mass is 169 g/mol. The van der Waals surface area contributed by atoms with Crippen LogP contribution in [0.5, 0.6) is 0 Å². The maximum atomic E-state index is 4.97. The average Bonchev–Trinajstić information content (AvgIpc) is 2.47. The van der Waals surface area contributed by atoms with Crippen LogP contribution in [-0.2, 0) is 6.42 Å². The minimum absolute atomic E-state index is 0.497. The van der Waals surface area contributed by atoms with Crippen molar-refractivity contribution in [1.82, 2.24) is 15.5 Å². The molecule has 1 atom stereocenters. The number of aryl methyl sites for hydroxylation is 2. The molecule has 4 heteroatoms. The summed E-state index contributed by atoms with van der Waals surface area (Å²) in [4.78, 5) is 4.11. The second kappa shape index (κ2) is 4.21. The first kappa shape index (κ1) is 9.19. The van der Waals surface area contributed by atoms with Gasteiger partial charge in [-0.25, -0.2) is 0 Å². The number of hydrogen-bond donors (Lipinski definition) is 1. The maximum Gasteiger partial charge on any atom is 0.226 e. The average molecular weight is 169 g/mol. The van der Waals surface area contributed by atoms with Gasteiger partial charge < -0.3 is 9.84 Å². The summed E-state index contributed by atoms with van der Waals surface area (Å²) in [6.07, 6.45) is 1.88. The fraction of sp³-hybridized carbons (Fsp3) is 0.750. The molecule has 1 unspecified atom stereocenters. The van der Waals surface area contributed by atoms with Crippen LogP contribution in [0.2, 0.25) is 0 Å². The van der Waals surface area contributed by atoms with Crippen molar-refractivity contribution in [2.75, 3.05) is 7.05 Å². The van der Waals surface area contributed by atoms with E-state index in [4.69, 9.17) is 4.52 Å². The normalized spacial score (nSPS) is 13.2. The third-order valence-electron chi connectivity index (χ3n) is 1.85. The summed E-state index contributed by atoms with van der Waals surface area (Å²) in [5.74, 6) is 1.44. The van der Waals surface area contributed by atoms with Crippen LogP contribution < -0.4 is 5.32 Å². The molecule has 0 radical (unpaired) electrons. The molecule has 0 spiro atoms. The molecule has 1 heterocycles. The Morgan fingerprint density at radius 3 is 2.83 bits per heavy atom. The van der Waals surface area contributed by atoms with Gasteiger partial charge in [0.1, 0.15) is 0 Å². The Kier molecular flexibility index (Phi) is 3.22. The van der Waals surface area contributed by atoms with E-state index in [1.54, 1.807) is 0 Å². The van der Waals surface area contributed by atoms with Crippen molar-refractivity contribution in [2.24, 2.45) is 0 Å². The van der Waals surface area contributed by atoms with Crippen molar-refractivity contribution in [3.63, 3.8) is 0 Å². The van der Waals surface area contributed by atoms with Crippen LogP contribution in [0.25, 0.3) is 0 Å². The number of nitrogens with zero attached hydrogens (tertiary/aromatic N) is 2. The molecule has 12 heavy (non-hydrogen) atoms. The summed E-state index contributed by atoms with van der Waals surface area (Å²) in [5.41, 5.74) is 0. The summed E-state index contributed by atoms with van der Waals surface area (Å²) >= 11 is 0. The van der Waals surface area contributed by atoms with Crippen molar-refractivity contribution >= 4 is 0 Å². The second-order valence-electron chi connectivity index (χ2n) is 2.96. The molecule has 0 aliphatic rings. The van der Waals surface area contributed by atoms with Crippen LogP contribution in [0.4, 0.5) is 0 Å². The Bertz CT molecular complexity index is 234. The lowest BCUT2D eigenvalue weighted by Gasteiger charge is -2.06. The third kappa shape index (κ3) is 2.62. The molecule has 68 valence electrons. The van der Waals surface area contributed by atoms with E-state index in [9.17, 15) is 0 Å². The van der Waals surface area contributed by atoms with Gasteiger partial charge in [-0.1, -0.05) is 5.16 Å². The topological polar surface area (TPSA) is 51.0 Å². The summed E-state index contributed by atoms with van der Waals surface area (Å²) in [6, 6.07) is 0.497. The van der Waals surface area contributed by atoms with E-state index in [-0.39, 0.29) is 0 Å². The molecule has 1 N–H and O–H groups in total. The van der Waals surface area contributed by atoms with Crippen molar-refractivity contribution < 1.29 is 4.52 Å². The van der Waals surface area contributed by atoms with E-state index in [2.05, 4.69) is 22.4 Å². The van der Waals surface area contributed by atoms with E-state index < -0.39 is 0 Å². The van der Waals surface area contributed by atoms with Gasteiger partial charge in [0.25, 0.3) is 0 Å². The largest absolute Gasteiger partial charge is 0.339 e. The Balaban J connectivity index is 2.33. The standard InChI is InChI=1S/C8H15N3O/c1-6(9-3)4-5-8-10-7(2)11-12-8/h6,9H,4-5H2,1-3H3. The first-order valence-corrected chi connectivity index (χ1v) is 4.19. The van der Waals surface area contributed by atoms with Gasteiger partial charge in [-0.2, -0.15) is 4.98 Å². The van der Waals surface area contributed by atoms with E-state index in [0.717, 1.165) is 18.7 Å². The number of rotatable bonds is 4. The van der Waals surface area contributed by atoms with Crippen molar-refractivity contribution in [3.05, 3.63) is 11.7 Å². The van der Waals surface area contributed by atoms with Gasteiger partial charge in [-0.15, -0.1) is 0 Å². The smallest absolute Gasteiger partial charge is 0.226 e. The molecule has 0 fully saturated rings. The summed E-state index contributed by atoms with van der Waals surface area (Å²) in [5, 5.41) is 6.87. The molecule has 1 rings (SSSR count). The number of nitrogens with one attached hydrogen (secondary N) is 1. The molecular weight excluding hydrogens is 154 g/mol. The molecule has 1 aromatic heterocycles. The first-order valence-electron chi connectivity index (χ1n) is 4.19. The zero-order valence-corrected chi connectivity index (χ0v) is 7.79. The van der Waals surface area contributed by atoms with Gasteiger partial charge in [0.15, 0.2) is 5.82 Å². The van der Waals surface area contributed by atoms with E-state index in [1.807, 2.05) is 14.0 Å². The van der Waals surface area contributed by atoms with Crippen LogP contribution in [0.15, 0.2) is 4.52 Å². The van der Waals surface area contributed by atoms with Crippen LogP contribution in [-0.4, -0.2) is 23.2 Å². The van der Waals surface area contributed by atoms with E-state index >= 15 is 0 Å². The zero-order chi connectivity index (χ0) is 8.97. The summed E-state index contributed by atoms with van der Waals surface area (Å²) in [7, 11) is 1.95. The Hall–Kier alpha value is -0.900. The molecule has 0 saturated carbocycles. The second-order valence-corrected chi connectivity index (χ2v) is 2.96. The van der Waals surface area contributed by atoms with Crippen LogP contribution in [0, 0.1) is 6.92 Å². The molecule has 0 aliphatic carbocycles. The highest BCUT2D eigenvalue weighted by atomic mass is 16.5. The van der Waals surface area contributed by atoms with Gasteiger partial charge in [-0.3, -0.25) is 0 Å². The van der Waals surface area contributed by atoms with Crippen molar-refractivity contribution in [1.29, 1.82) is 0 Å². The Morgan fingerprint density at radius 1 is 1.58 bits per heavy atom. The van der Waals surface area contributed by atoms with Crippen molar-refractivity contribution in [2.45, 2.75) is 32.7 Å². The minimum Gasteiger partial charge on any atom is -0.339 e. The molecule has 0 aliphatic heterocycles. The maximum absolute atomic E-state index is 4.97. The highest BCUT2D eigenvalue weighted by Crippen LogP contribution is 2.01. The van der Waals surface area contributed by atoms with Crippen molar-refractivity contribution in [3.8, 4) is 0 Å². The molecular formula is C8H15N3O. The van der Waals surface area contributed by atoms with E-state index in [1.165, 1.54) is 0 Å². The predicted octanol–water partition coefficient (Wildman–Crippen LogP) is 0.919. The van der Waals surface area contributed by atoms with Gasteiger partial charge in [0.05, 0.1) is 0 Å². The number of hydrogen-bond acceptors (Lipinski definition) is 4. The lowest BCUT2D eigenvalue weighted by molar-refractivity contribution is 0.366. The molecule has 1 aromatic rings. The Labute approximate surface area is 72.4 Å². The lowest BCUT2D eigenvalue weighted by atomic mass is 10.2. The molecule has 4 nitrogen and oxygen atoms in total. The highest BCUT2D eigenvalue weighted by molar-refractivity contribution is 4.83. The molecule has 0 bridgehead atoms. The fourth-order valence-corrected chi connectivity index (χ4v) is 0.926. The minimum atomic E-state index is 0.497. The van der Waals surface area contributed by atoms with Gasteiger partial charge in [0, 0.05) is 12.5 Å². The summed E-state index contributed by atoms with van der Waals surface area (Å²) in [6.45, 7) is 3.96. The molecule has 0 amide bonds. The quantitative estimate of drug-likeness (QED) is 0.728. The van der Waals surface area contributed by atoms with E-state index in [0.29, 0.717) is 11.9 Å². The van der Waals surface area contributed by atoms with Gasteiger partial charge in [-0.05, 0) is 27.3 Å². The third-order valence-corrected chi connectivity index (χ3v) is 1.85. The first-order chi connectivity index (χ1) is 5.72. The van der Waals surface area contributed by atoms with Crippen LogP contribution in [0.1, 0.15) is 25.1 Å². The SMILES string of the molecule is CNC(C)CCc1nc(C)no1. The van der Waals surface area contributed by atoms with Crippen LogP contribution >= 0.6 is 0 Å². The fourth-order valence-electron chi connectivity index (χ4n) is 0.926. The van der Waals surface area contributed by atoms with Gasteiger partial charge in [0.2, 0.25) is 5.89 Å². The van der Waals surface area contributed by atoms with Gasteiger partial charge >= 0.3 is 0 Å². The van der Waals surface area contributed by atoms with Crippen LogP contribution in [0.3, 0.4) is 0 Å². The summed E-state index contributed by atoms with van der Waals surface area (Å²) < 4.78 is 4.97. The highest BCUT2D eigenvalue weighted by Gasteiger charge is 2.04.